The van der Waals surface area contributed by atoms with Gasteiger partial charge in [-0.1, -0.05) is 0 Å². The number of aromatic amines is 2. The van der Waals surface area contributed by atoms with Gasteiger partial charge in [0, 0.05) is 44.2 Å². The largest absolute Gasteiger partial charge is 0.397 e. The summed E-state index contributed by atoms with van der Waals surface area (Å²) in [5.41, 5.74) is 57.7. The van der Waals surface area contributed by atoms with E-state index in [-0.39, 0.29) is 0 Å². The molecule has 0 aliphatic carbocycles. The van der Waals surface area contributed by atoms with Crippen LogP contribution in [0.1, 0.15) is 0 Å². The van der Waals surface area contributed by atoms with E-state index < -0.39 is 0 Å². The van der Waals surface area contributed by atoms with E-state index in [1.54, 1.807) is 48.5 Å². The molecule has 16 heteroatoms. The first kappa shape index (κ1) is 27.0. The summed E-state index contributed by atoms with van der Waals surface area (Å²) in [5.74, 6) is 2.03. The van der Waals surface area contributed by atoms with Crippen LogP contribution in [0.3, 0.4) is 0 Å². The Morgan fingerprint density at radius 3 is 1.12 bits per heavy atom. The first-order valence-electron chi connectivity index (χ1n) is 14.6. The maximum atomic E-state index is 6.27. The van der Waals surface area contributed by atoms with Gasteiger partial charge in [-0.25, -0.2) is 29.9 Å². The van der Waals surface area contributed by atoms with Gasteiger partial charge in [0.2, 0.25) is 0 Å². The summed E-state index contributed by atoms with van der Waals surface area (Å²) in [7, 11) is 0. The minimum absolute atomic E-state index is 0.303. The summed E-state index contributed by atoms with van der Waals surface area (Å²) >= 11 is 0. The molecule has 16 nitrogen and oxygen atoms in total. The Bertz CT molecular complexity index is 2490. The first-order chi connectivity index (χ1) is 23.0. The van der Waals surface area contributed by atoms with Crippen LogP contribution in [0.15, 0.2) is 48.5 Å². The van der Waals surface area contributed by atoms with Gasteiger partial charge in [0.15, 0.2) is 29.1 Å². The molecule has 4 aromatic carbocycles. The fraction of sp³-hybridized carbons (Fsp3) is 0. The highest BCUT2D eigenvalue weighted by atomic mass is 15.1. The lowest BCUT2D eigenvalue weighted by atomic mass is 10.0. The van der Waals surface area contributed by atoms with E-state index in [9.17, 15) is 0 Å². The highest BCUT2D eigenvalue weighted by molar-refractivity contribution is 6.08. The molecular weight excluding hydrogens is 608 g/mol. The minimum Gasteiger partial charge on any atom is -0.397 e. The average Bonchev–Trinajstić information content (AvgIpc) is 3.74. The van der Waals surface area contributed by atoms with Crippen LogP contribution in [-0.4, -0.2) is 39.9 Å². The number of anilines is 8. The molecule has 0 spiro atoms. The number of nitrogens with two attached hydrogens (primary N) is 8. The second-order valence-electron chi connectivity index (χ2n) is 11.7. The molecule has 48 heavy (non-hydrogen) atoms. The quantitative estimate of drug-likeness (QED) is 0.107. The lowest BCUT2D eigenvalue weighted by molar-refractivity contribution is 1.15. The predicted molar refractivity (Wildman–Crippen MR) is 190 cm³/mol. The highest BCUT2D eigenvalue weighted by Crippen LogP contribution is 2.43. The Balaban J connectivity index is 1.49. The van der Waals surface area contributed by atoms with Crippen molar-refractivity contribution in [2.75, 3.05) is 45.9 Å². The molecule has 0 unspecified atom stereocenters. The number of nitrogens with one attached hydrogen (secondary N) is 2. The molecule has 8 bridgehead atoms. The van der Waals surface area contributed by atoms with Crippen LogP contribution in [0.25, 0.3) is 90.4 Å². The number of rotatable bonds is 0. The van der Waals surface area contributed by atoms with Crippen molar-refractivity contribution >= 4 is 67.6 Å². The summed E-state index contributed by atoms with van der Waals surface area (Å²) < 4.78 is 0. The van der Waals surface area contributed by atoms with Crippen molar-refractivity contribution in [2.45, 2.75) is 0 Å². The topological polar surface area (TPSA) is 317 Å². The summed E-state index contributed by atoms with van der Waals surface area (Å²) in [6, 6.07) is 13.8. The van der Waals surface area contributed by atoms with Crippen molar-refractivity contribution in [2.24, 2.45) is 0 Å². The molecule has 5 heterocycles. The number of aromatic nitrogens is 8. The SMILES string of the molecule is Nc1cc2c(cc1N)-c1nc-2nc2nc(nc3[nH]c([nH]c4nc(n1)-c1cc(N)c(N)cc1-4)c1cc(N)c(N)cc31)-c1cc(N)c(N)cc1-2. The maximum Gasteiger partial charge on any atom is 0.164 e. The van der Waals surface area contributed by atoms with Crippen LogP contribution < -0.4 is 45.9 Å². The summed E-state index contributed by atoms with van der Waals surface area (Å²) in [4.78, 5) is 36.0. The van der Waals surface area contributed by atoms with Gasteiger partial charge in [-0.3, -0.25) is 0 Å². The Morgan fingerprint density at radius 1 is 0.333 bits per heavy atom. The van der Waals surface area contributed by atoms with Crippen molar-refractivity contribution in [1.29, 1.82) is 0 Å². The molecule has 0 radical (unpaired) electrons. The zero-order valence-corrected chi connectivity index (χ0v) is 24.9. The van der Waals surface area contributed by atoms with E-state index in [1.165, 1.54) is 0 Å². The Hall–Kier alpha value is -7.36. The second kappa shape index (κ2) is 9.10. The predicted octanol–water partition coefficient (Wildman–Crippen LogP) is 3.43. The van der Waals surface area contributed by atoms with Crippen molar-refractivity contribution < 1.29 is 0 Å². The van der Waals surface area contributed by atoms with Crippen LogP contribution in [-0.2, 0) is 0 Å². The summed E-state index contributed by atoms with van der Waals surface area (Å²) in [6.45, 7) is 0. The van der Waals surface area contributed by atoms with Crippen LogP contribution >= 0.6 is 0 Å². The van der Waals surface area contributed by atoms with E-state index in [0.29, 0.717) is 136 Å². The van der Waals surface area contributed by atoms with Gasteiger partial charge in [0.25, 0.3) is 0 Å². The molecule has 18 N–H and O–H groups in total. The zero-order chi connectivity index (χ0) is 33.2. The molecule has 3 aliphatic heterocycles. The van der Waals surface area contributed by atoms with E-state index in [2.05, 4.69) is 9.97 Å². The molecule has 0 fully saturated rings. The number of fused-ring (bicyclic) bond motifs is 20. The molecule has 0 saturated heterocycles. The first-order valence-corrected chi connectivity index (χ1v) is 14.6. The third kappa shape index (κ3) is 3.76. The molecular formula is C32H26N16. The van der Waals surface area contributed by atoms with Gasteiger partial charge in [-0.15, -0.1) is 0 Å². The molecule has 234 valence electrons. The highest BCUT2D eigenvalue weighted by Gasteiger charge is 2.27. The van der Waals surface area contributed by atoms with Crippen molar-refractivity contribution in [3.8, 4) is 68.3 Å². The molecule has 9 rings (SSSR count). The van der Waals surface area contributed by atoms with Gasteiger partial charge in [0.05, 0.1) is 45.5 Å². The molecule has 0 amide bonds. The van der Waals surface area contributed by atoms with Gasteiger partial charge in [-0.2, -0.15) is 0 Å². The monoisotopic (exact) mass is 634 g/mol. The molecule has 0 atom stereocenters. The third-order valence-corrected chi connectivity index (χ3v) is 8.65. The van der Waals surface area contributed by atoms with Crippen LogP contribution in [0.5, 0.6) is 0 Å². The van der Waals surface area contributed by atoms with Crippen molar-refractivity contribution in [1.82, 2.24) is 39.9 Å². The second-order valence-corrected chi connectivity index (χ2v) is 11.7. The Kier molecular flexibility index (Phi) is 5.12. The number of nitrogen functional groups attached to an aromatic ring is 8. The molecule has 2 aromatic heterocycles. The fourth-order valence-electron chi connectivity index (χ4n) is 6.11. The smallest absolute Gasteiger partial charge is 0.164 e. The molecule has 3 aliphatic rings. The minimum atomic E-state index is 0.303. The number of H-pyrrole nitrogens is 2. The fourth-order valence-corrected chi connectivity index (χ4v) is 6.11. The van der Waals surface area contributed by atoms with Crippen molar-refractivity contribution in [3.63, 3.8) is 0 Å². The van der Waals surface area contributed by atoms with Crippen LogP contribution in [0.2, 0.25) is 0 Å². The maximum absolute atomic E-state index is 6.27. The van der Waals surface area contributed by atoms with E-state index in [0.717, 1.165) is 0 Å². The van der Waals surface area contributed by atoms with Crippen LogP contribution in [0, 0.1) is 0 Å². The van der Waals surface area contributed by atoms with E-state index in [1.807, 2.05) is 0 Å². The average molecular weight is 635 g/mol. The van der Waals surface area contributed by atoms with Gasteiger partial charge < -0.3 is 55.8 Å². The standard InChI is InChI=1S/C32H26N16/c33-17-1-9-10(2-18(17)34)26-41-25(9)45-27-11-3-19(35)20(36)4-12(11)29(42-27)47-31-15-7-23(39)24(40)8-16(15)32(44-31)48-30-14-6-22(38)21(37)5-13(14)28(43-30)46-26/h1-8H,33-40H2,(H2,41,42,43,44,45,46,47,48). The molecule has 6 aromatic rings. The summed E-state index contributed by atoms with van der Waals surface area (Å²) in [6.07, 6.45) is 0. The lowest BCUT2D eigenvalue weighted by Gasteiger charge is -2.06. The van der Waals surface area contributed by atoms with Crippen LogP contribution in [0.4, 0.5) is 45.5 Å². The van der Waals surface area contributed by atoms with Crippen molar-refractivity contribution in [3.05, 3.63) is 48.5 Å². The Morgan fingerprint density at radius 2 is 0.667 bits per heavy atom. The normalized spacial score (nSPS) is 12.0. The third-order valence-electron chi connectivity index (χ3n) is 8.65. The number of nitrogens with zero attached hydrogens (tertiary/aromatic N) is 6. The van der Waals surface area contributed by atoms with Gasteiger partial charge in [-0.05, 0) is 48.5 Å². The number of hydrogen-bond donors (Lipinski definition) is 10. The Labute approximate surface area is 270 Å². The van der Waals surface area contributed by atoms with E-state index in [4.69, 9.17) is 75.8 Å². The zero-order valence-electron chi connectivity index (χ0n) is 24.9. The van der Waals surface area contributed by atoms with Gasteiger partial charge in [0.1, 0.15) is 17.1 Å². The van der Waals surface area contributed by atoms with E-state index >= 15 is 0 Å². The molecule has 0 saturated carbocycles. The van der Waals surface area contributed by atoms with Gasteiger partial charge >= 0.3 is 0 Å². The number of hydrogen-bond acceptors (Lipinski definition) is 14. The number of benzene rings is 4. The summed E-state index contributed by atoms with van der Waals surface area (Å²) in [5, 5.41) is 1.38. The lowest BCUT2D eigenvalue weighted by Crippen LogP contribution is -1.96.